The number of allylic oxidation sites excluding steroid dienone is 12. The Morgan fingerprint density at radius 2 is 0.636 bits per heavy atom. The summed E-state index contributed by atoms with van der Waals surface area (Å²) in [5, 5.41) is 0. The number of unbranched alkanes of at least 4 members (excludes halogenated alkanes) is 29. The van der Waals surface area contributed by atoms with E-state index in [2.05, 4.69) is 93.7 Å². The molecule has 0 N–H and O–H groups in total. The van der Waals surface area contributed by atoms with Crippen molar-refractivity contribution in [3.05, 3.63) is 72.9 Å². The van der Waals surface area contributed by atoms with Crippen LogP contribution in [0.3, 0.4) is 0 Å². The maximum Gasteiger partial charge on any atom is 0.306 e. The minimum Gasteiger partial charge on any atom is -0.462 e. The summed E-state index contributed by atoms with van der Waals surface area (Å²) in [6, 6.07) is 0. The molecule has 0 spiro atoms. The van der Waals surface area contributed by atoms with Crippen LogP contribution in [-0.2, 0) is 23.8 Å². The Balaban J connectivity index is 4.31. The van der Waals surface area contributed by atoms with Gasteiger partial charge < -0.3 is 14.2 Å². The second kappa shape index (κ2) is 56.7. The number of rotatable bonds is 52. The van der Waals surface area contributed by atoms with Gasteiger partial charge in [-0.1, -0.05) is 222 Å². The molecule has 0 heterocycles. The number of carbonyl (C=O) groups excluding carboxylic acids is 2. The van der Waals surface area contributed by atoms with Gasteiger partial charge in [0.05, 0.1) is 6.61 Å². The monoisotopic (exact) mass is 921 g/mol. The van der Waals surface area contributed by atoms with Crippen LogP contribution in [0.5, 0.6) is 0 Å². The molecule has 0 amide bonds. The number of ether oxygens (including phenoxy) is 3. The molecule has 0 aliphatic heterocycles. The fourth-order valence-corrected chi connectivity index (χ4v) is 7.89. The van der Waals surface area contributed by atoms with Crippen LogP contribution in [0.15, 0.2) is 72.9 Å². The third-order valence-electron chi connectivity index (χ3n) is 12.2. The number of esters is 2. The molecular formula is C61H108O5. The summed E-state index contributed by atoms with van der Waals surface area (Å²) in [4.78, 5) is 25.5. The molecule has 5 heteroatoms. The Labute approximate surface area is 410 Å². The largest absolute Gasteiger partial charge is 0.462 e. The minimum absolute atomic E-state index is 0.0716. The van der Waals surface area contributed by atoms with Gasteiger partial charge in [0.25, 0.3) is 0 Å². The quantitative estimate of drug-likeness (QED) is 0.0346. The van der Waals surface area contributed by atoms with Crippen molar-refractivity contribution in [2.24, 2.45) is 0 Å². The molecule has 5 nitrogen and oxygen atoms in total. The first kappa shape index (κ1) is 63.3. The Hall–Kier alpha value is -2.66. The van der Waals surface area contributed by atoms with E-state index in [1.165, 1.54) is 167 Å². The third-order valence-corrected chi connectivity index (χ3v) is 12.2. The first-order valence-corrected chi connectivity index (χ1v) is 28.5. The SMILES string of the molecule is CCCCC/C=C\C/C=C\C/C=C\CCCCCCCCC(=O)OCC(COCCCCCCCC/C=C\CCCCCC)OC(=O)CCCCCCCCC/C=C\C/C=C\CCCCC. The van der Waals surface area contributed by atoms with E-state index in [1.54, 1.807) is 0 Å². The molecule has 66 heavy (non-hydrogen) atoms. The Morgan fingerprint density at radius 1 is 0.333 bits per heavy atom. The lowest BCUT2D eigenvalue weighted by molar-refractivity contribution is -0.163. The zero-order chi connectivity index (χ0) is 47.7. The summed E-state index contributed by atoms with van der Waals surface area (Å²) in [6.07, 6.45) is 73.4. The van der Waals surface area contributed by atoms with Gasteiger partial charge in [0.2, 0.25) is 0 Å². The highest BCUT2D eigenvalue weighted by atomic mass is 16.6. The van der Waals surface area contributed by atoms with Gasteiger partial charge >= 0.3 is 11.9 Å². The zero-order valence-corrected chi connectivity index (χ0v) is 44.0. The molecule has 382 valence electrons. The van der Waals surface area contributed by atoms with Crippen LogP contribution in [0.2, 0.25) is 0 Å². The molecule has 1 atom stereocenters. The van der Waals surface area contributed by atoms with E-state index in [9.17, 15) is 9.59 Å². The van der Waals surface area contributed by atoms with Crippen molar-refractivity contribution in [1.29, 1.82) is 0 Å². The summed E-state index contributed by atoms with van der Waals surface area (Å²) in [5.74, 6) is -0.417. The van der Waals surface area contributed by atoms with Crippen molar-refractivity contribution in [2.45, 2.75) is 284 Å². The fourth-order valence-electron chi connectivity index (χ4n) is 7.89. The van der Waals surface area contributed by atoms with Crippen LogP contribution in [0.4, 0.5) is 0 Å². The Bertz CT molecular complexity index is 1180. The topological polar surface area (TPSA) is 61.8 Å². The van der Waals surface area contributed by atoms with Crippen molar-refractivity contribution in [2.75, 3.05) is 19.8 Å². The molecule has 0 saturated carbocycles. The minimum atomic E-state index is -0.552. The molecule has 0 saturated heterocycles. The van der Waals surface area contributed by atoms with Gasteiger partial charge in [-0.2, -0.15) is 0 Å². The molecule has 0 rings (SSSR count). The van der Waals surface area contributed by atoms with Gasteiger partial charge in [0.15, 0.2) is 6.10 Å². The van der Waals surface area contributed by atoms with Crippen LogP contribution >= 0.6 is 0 Å². The summed E-state index contributed by atoms with van der Waals surface area (Å²) >= 11 is 0. The number of hydrogen-bond acceptors (Lipinski definition) is 5. The summed E-state index contributed by atoms with van der Waals surface area (Å²) in [5.41, 5.74) is 0. The van der Waals surface area contributed by atoms with Gasteiger partial charge in [-0.05, 0) is 116 Å². The Morgan fingerprint density at radius 3 is 1.06 bits per heavy atom. The van der Waals surface area contributed by atoms with Gasteiger partial charge in [-0.25, -0.2) is 0 Å². The first-order chi connectivity index (χ1) is 32.6. The predicted octanol–water partition coefficient (Wildman–Crippen LogP) is 19.5. The maximum absolute atomic E-state index is 12.8. The van der Waals surface area contributed by atoms with E-state index in [4.69, 9.17) is 14.2 Å². The van der Waals surface area contributed by atoms with E-state index >= 15 is 0 Å². The molecule has 0 aliphatic carbocycles. The van der Waals surface area contributed by atoms with E-state index in [1.807, 2.05) is 0 Å². The van der Waals surface area contributed by atoms with Crippen LogP contribution in [0, 0.1) is 0 Å². The van der Waals surface area contributed by atoms with Gasteiger partial charge in [-0.3, -0.25) is 9.59 Å². The zero-order valence-electron chi connectivity index (χ0n) is 44.0. The van der Waals surface area contributed by atoms with Gasteiger partial charge in [0.1, 0.15) is 6.61 Å². The molecular weight excluding hydrogens is 813 g/mol. The van der Waals surface area contributed by atoms with E-state index < -0.39 is 6.10 Å². The average molecular weight is 922 g/mol. The van der Waals surface area contributed by atoms with Crippen molar-refractivity contribution >= 4 is 11.9 Å². The third kappa shape index (κ3) is 54.0. The lowest BCUT2D eigenvalue weighted by Gasteiger charge is -2.18. The van der Waals surface area contributed by atoms with Crippen LogP contribution < -0.4 is 0 Å². The molecule has 0 fully saturated rings. The number of carbonyl (C=O) groups is 2. The van der Waals surface area contributed by atoms with Crippen molar-refractivity contribution in [3.63, 3.8) is 0 Å². The second-order valence-electron chi connectivity index (χ2n) is 18.8. The summed E-state index contributed by atoms with van der Waals surface area (Å²) in [6.45, 7) is 7.75. The van der Waals surface area contributed by atoms with Gasteiger partial charge in [-0.15, -0.1) is 0 Å². The van der Waals surface area contributed by atoms with Crippen molar-refractivity contribution < 1.29 is 23.8 Å². The predicted molar refractivity (Wildman–Crippen MR) is 288 cm³/mol. The highest BCUT2D eigenvalue weighted by Crippen LogP contribution is 2.14. The smallest absolute Gasteiger partial charge is 0.306 e. The summed E-state index contributed by atoms with van der Waals surface area (Å²) in [7, 11) is 0. The van der Waals surface area contributed by atoms with Crippen LogP contribution in [0.25, 0.3) is 0 Å². The first-order valence-electron chi connectivity index (χ1n) is 28.5. The molecule has 0 bridgehead atoms. The fraction of sp³-hybridized carbons (Fsp3) is 0.770. The molecule has 0 aliphatic rings. The number of hydrogen-bond donors (Lipinski definition) is 0. The molecule has 0 aromatic heterocycles. The van der Waals surface area contributed by atoms with E-state index in [-0.39, 0.29) is 25.2 Å². The maximum atomic E-state index is 12.8. The molecule has 1 unspecified atom stereocenters. The molecule has 0 aromatic rings. The summed E-state index contributed by atoms with van der Waals surface area (Å²) < 4.78 is 17.5. The standard InChI is InChI=1S/C61H108O5/c1-4-7-10-13-16-19-22-25-28-30-31-33-34-36-39-42-45-48-51-54-60(62)65-58-59(57-64-56-53-50-47-44-41-38-27-24-21-18-15-12-9-6-3)66-61(63)55-52-49-46-43-40-37-35-32-29-26-23-20-17-14-11-8-5-2/h16-17,19-21,24-26,28-29,31,33,59H,4-15,18,22-23,27,30,32,34-58H2,1-3H3/b19-16-,20-17-,24-21-,28-25-,29-26-,33-31-. The van der Waals surface area contributed by atoms with Crippen molar-refractivity contribution in [3.8, 4) is 0 Å². The van der Waals surface area contributed by atoms with Crippen molar-refractivity contribution in [1.82, 2.24) is 0 Å². The van der Waals surface area contributed by atoms with Gasteiger partial charge in [0, 0.05) is 19.4 Å². The average Bonchev–Trinajstić information content (AvgIpc) is 3.32. The molecule has 0 radical (unpaired) electrons. The normalized spacial score (nSPS) is 12.7. The lowest BCUT2D eigenvalue weighted by Crippen LogP contribution is -2.30. The highest BCUT2D eigenvalue weighted by Gasteiger charge is 2.17. The van der Waals surface area contributed by atoms with E-state index in [0.717, 1.165) is 77.0 Å². The highest BCUT2D eigenvalue weighted by molar-refractivity contribution is 5.70. The Kier molecular flexibility index (Phi) is 54.4. The molecule has 0 aromatic carbocycles. The van der Waals surface area contributed by atoms with E-state index in [0.29, 0.717) is 19.4 Å². The van der Waals surface area contributed by atoms with Crippen LogP contribution in [-0.4, -0.2) is 37.9 Å². The second-order valence-corrected chi connectivity index (χ2v) is 18.8. The lowest BCUT2D eigenvalue weighted by atomic mass is 10.1. The van der Waals surface area contributed by atoms with Crippen LogP contribution in [0.1, 0.15) is 278 Å².